The molecule has 146 valence electrons. The summed E-state index contributed by atoms with van der Waals surface area (Å²) in [6.07, 6.45) is 8.90. The minimum Gasteiger partial charge on any atom is -0.470 e. The van der Waals surface area contributed by atoms with E-state index >= 15 is 0 Å². The predicted octanol–water partition coefficient (Wildman–Crippen LogP) is 1.31. The monoisotopic (exact) mass is 382 g/mol. The zero-order valence-corrected chi connectivity index (χ0v) is 15.9. The van der Waals surface area contributed by atoms with E-state index in [1.54, 1.807) is 33.5 Å². The number of carbonyl (C=O) groups is 1. The molecule has 9 nitrogen and oxygen atoms in total. The number of fused-ring (bicyclic) bond motifs is 1. The zero-order valence-electron chi connectivity index (χ0n) is 15.9. The van der Waals surface area contributed by atoms with Crippen molar-refractivity contribution in [3.8, 4) is 17.1 Å². The molecule has 1 saturated heterocycles. The number of aromatic nitrogens is 5. The number of ether oxygens (including phenoxy) is 2. The Hall–Kier alpha value is -3.20. The van der Waals surface area contributed by atoms with Crippen molar-refractivity contribution in [2.45, 2.75) is 18.6 Å². The quantitative estimate of drug-likeness (QED) is 0.619. The van der Waals surface area contributed by atoms with Crippen molar-refractivity contribution in [1.82, 2.24) is 29.3 Å². The van der Waals surface area contributed by atoms with Crippen molar-refractivity contribution in [2.75, 3.05) is 20.3 Å². The Morgan fingerprint density at radius 3 is 3.00 bits per heavy atom. The summed E-state index contributed by atoms with van der Waals surface area (Å²) in [5.41, 5.74) is 2.36. The number of amides is 1. The third-order valence-electron chi connectivity index (χ3n) is 4.85. The molecule has 9 heteroatoms. The number of hydrogen-bond acceptors (Lipinski definition) is 6. The summed E-state index contributed by atoms with van der Waals surface area (Å²) in [7, 11) is 3.60. The topological polar surface area (TPSA) is 86.8 Å². The minimum atomic E-state index is -0.228. The first-order valence-electron chi connectivity index (χ1n) is 9.02. The lowest BCUT2D eigenvalue weighted by atomic mass is 10.1. The van der Waals surface area contributed by atoms with Gasteiger partial charge in [0.15, 0.2) is 0 Å². The summed E-state index contributed by atoms with van der Waals surface area (Å²) in [5.74, 6) is 0.343. The van der Waals surface area contributed by atoms with Gasteiger partial charge in [0, 0.05) is 32.3 Å². The standard InChI is InChI=1S/C19H22N6O3/c1-4-18(26)24(3)14-7-15(12-27-11-14)28-19-17-5-6-20-25(17)10-16(22-19)13-8-21-23(2)9-13/h4-6,8-10,14-15H,1,7,11-12H2,2-3H3/t14-,15+/m0/s1. The molecule has 1 aliphatic rings. The molecule has 2 atom stereocenters. The van der Waals surface area contributed by atoms with Crippen LogP contribution in [0, 0.1) is 0 Å². The highest BCUT2D eigenvalue weighted by molar-refractivity contribution is 5.87. The van der Waals surface area contributed by atoms with Crippen LogP contribution in [0.3, 0.4) is 0 Å². The Kier molecular flexibility index (Phi) is 4.82. The maximum atomic E-state index is 11.9. The molecule has 0 unspecified atom stereocenters. The molecule has 1 amide bonds. The normalized spacial score (nSPS) is 19.5. The largest absolute Gasteiger partial charge is 0.470 e. The fourth-order valence-corrected chi connectivity index (χ4v) is 3.29. The first kappa shape index (κ1) is 18.2. The zero-order chi connectivity index (χ0) is 19.7. The van der Waals surface area contributed by atoms with Crippen LogP contribution in [-0.2, 0) is 16.6 Å². The Balaban J connectivity index is 1.59. The summed E-state index contributed by atoms with van der Waals surface area (Å²) in [6, 6.07) is 1.77. The van der Waals surface area contributed by atoms with Gasteiger partial charge in [-0.25, -0.2) is 9.50 Å². The fraction of sp³-hybridized carbons (Fsp3) is 0.368. The number of carbonyl (C=O) groups excluding carboxylic acids is 1. The number of hydrogen-bond donors (Lipinski definition) is 0. The summed E-state index contributed by atoms with van der Waals surface area (Å²) < 4.78 is 15.3. The van der Waals surface area contributed by atoms with Gasteiger partial charge in [-0.3, -0.25) is 9.48 Å². The Morgan fingerprint density at radius 1 is 1.39 bits per heavy atom. The molecule has 0 N–H and O–H groups in total. The van der Waals surface area contributed by atoms with Gasteiger partial charge in [-0.15, -0.1) is 0 Å². The third kappa shape index (κ3) is 3.48. The van der Waals surface area contributed by atoms with Crippen LogP contribution in [0.2, 0.25) is 0 Å². The fourth-order valence-electron chi connectivity index (χ4n) is 3.29. The predicted molar refractivity (Wildman–Crippen MR) is 102 cm³/mol. The second-order valence-electron chi connectivity index (χ2n) is 6.82. The smallest absolute Gasteiger partial charge is 0.246 e. The molecule has 0 radical (unpaired) electrons. The minimum absolute atomic E-state index is 0.0771. The van der Waals surface area contributed by atoms with Crippen molar-refractivity contribution >= 4 is 11.4 Å². The highest BCUT2D eigenvalue weighted by Gasteiger charge is 2.29. The third-order valence-corrected chi connectivity index (χ3v) is 4.85. The van der Waals surface area contributed by atoms with Gasteiger partial charge in [-0.05, 0) is 12.1 Å². The Bertz CT molecular complexity index is 1010. The van der Waals surface area contributed by atoms with Crippen LogP contribution in [0.25, 0.3) is 16.8 Å². The molecule has 0 bridgehead atoms. The molecule has 28 heavy (non-hydrogen) atoms. The molecule has 0 spiro atoms. The van der Waals surface area contributed by atoms with Gasteiger partial charge in [0.1, 0.15) is 11.6 Å². The van der Waals surface area contributed by atoms with Crippen molar-refractivity contribution in [3.05, 3.63) is 43.5 Å². The second-order valence-corrected chi connectivity index (χ2v) is 6.82. The van der Waals surface area contributed by atoms with Crippen molar-refractivity contribution in [1.29, 1.82) is 0 Å². The van der Waals surface area contributed by atoms with E-state index in [1.165, 1.54) is 6.08 Å². The molecular weight excluding hydrogens is 360 g/mol. The van der Waals surface area contributed by atoms with Gasteiger partial charge in [-0.2, -0.15) is 10.2 Å². The van der Waals surface area contributed by atoms with E-state index < -0.39 is 0 Å². The van der Waals surface area contributed by atoms with Gasteiger partial charge in [-0.1, -0.05) is 6.58 Å². The van der Waals surface area contributed by atoms with Crippen LogP contribution in [0.1, 0.15) is 6.42 Å². The van der Waals surface area contributed by atoms with E-state index in [0.717, 1.165) is 11.1 Å². The van der Waals surface area contributed by atoms with E-state index in [2.05, 4.69) is 21.8 Å². The number of nitrogens with zero attached hydrogens (tertiary/aromatic N) is 6. The van der Waals surface area contributed by atoms with Crippen LogP contribution >= 0.6 is 0 Å². The summed E-state index contributed by atoms with van der Waals surface area (Å²) in [4.78, 5) is 18.2. The molecule has 0 aromatic carbocycles. The van der Waals surface area contributed by atoms with E-state index in [-0.39, 0.29) is 18.1 Å². The van der Waals surface area contributed by atoms with Crippen LogP contribution in [-0.4, -0.2) is 67.6 Å². The maximum Gasteiger partial charge on any atom is 0.246 e. The van der Waals surface area contributed by atoms with Crippen molar-refractivity contribution in [3.63, 3.8) is 0 Å². The van der Waals surface area contributed by atoms with Gasteiger partial charge < -0.3 is 14.4 Å². The molecule has 0 saturated carbocycles. The molecule has 4 heterocycles. The van der Waals surface area contributed by atoms with Crippen molar-refractivity contribution < 1.29 is 14.3 Å². The maximum absolute atomic E-state index is 11.9. The average Bonchev–Trinajstić information content (AvgIpc) is 3.36. The van der Waals surface area contributed by atoms with Crippen LogP contribution in [0.5, 0.6) is 5.88 Å². The van der Waals surface area contributed by atoms with E-state index in [4.69, 9.17) is 9.47 Å². The molecule has 3 aromatic heterocycles. The van der Waals surface area contributed by atoms with Gasteiger partial charge >= 0.3 is 0 Å². The summed E-state index contributed by atoms with van der Waals surface area (Å²) >= 11 is 0. The first-order chi connectivity index (χ1) is 13.5. The molecule has 1 aliphatic heterocycles. The lowest BCUT2D eigenvalue weighted by Gasteiger charge is -2.34. The Labute approximate surface area is 162 Å². The Morgan fingerprint density at radius 2 is 2.25 bits per heavy atom. The van der Waals surface area contributed by atoms with Gasteiger partial charge in [0.2, 0.25) is 11.8 Å². The molecule has 3 aromatic rings. The van der Waals surface area contributed by atoms with Gasteiger partial charge in [0.05, 0.1) is 43.5 Å². The second kappa shape index (κ2) is 7.43. The molecular formula is C19H22N6O3. The van der Waals surface area contributed by atoms with Crippen LogP contribution in [0.15, 0.2) is 43.5 Å². The van der Waals surface area contributed by atoms with E-state index in [0.29, 0.717) is 31.2 Å². The van der Waals surface area contributed by atoms with Gasteiger partial charge in [0.25, 0.3) is 0 Å². The van der Waals surface area contributed by atoms with E-state index in [1.807, 2.05) is 25.5 Å². The lowest BCUT2D eigenvalue weighted by Crippen LogP contribution is -2.47. The van der Waals surface area contributed by atoms with Crippen LogP contribution in [0.4, 0.5) is 0 Å². The number of likely N-dealkylation sites (N-methyl/N-ethyl adjacent to an activating group) is 1. The van der Waals surface area contributed by atoms with Crippen LogP contribution < -0.4 is 4.74 Å². The average molecular weight is 382 g/mol. The summed E-state index contributed by atoms with van der Waals surface area (Å²) in [5, 5.41) is 8.52. The SMILES string of the molecule is C=CC(=O)N(C)[C@@H]1COC[C@H](Oc2nc(-c3cnn(C)c3)cn3nccc23)C1. The molecule has 4 rings (SSSR count). The lowest BCUT2D eigenvalue weighted by molar-refractivity contribution is -0.131. The number of rotatable bonds is 5. The highest BCUT2D eigenvalue weighted by Crippen LogP contribution is 2.26. The highest BCUT2D eigenvalue weighted by atomic mass is 16.5. The molecule has 1 fully saturated rings. The van der Waals surface area contributed by atoms with E-state index in [9.17, 15) is 4.79 Å². The molecule has 0 aliphatic carbocycles. The summed E-state index contributed by atoms with van der Waals surface area (Å²) in [6.45, 7) is 4.45. The first-order valence-corrected chi connectivity index (χ1v) is 9.02. The van der Waals surface area contributed by atoms with Crippen molar-refractivity contribution in [2.24, 2.45) is 7.05 Å². The number of aryl methyl sites for hydroxylation is 1.